The molecule has 0 atom stereocenters. The molecule has 1 aliphatic rings. The van der Waals surface area contributed by atoms with E-state index in [1.54, 1.807) is 0 Å². The Balaban J connectivity index is 2.20. The summed E-state index contributed by atoms with van der Waals surface area (Å²) >= 11 is 0. The molecule has 0 aliphatic heterocycles. The number of halogens is 4. The Labute approximate surface area is 112 Å². The van der Waals surface area contributed by atoms with E-state index in [9.17, 15) is 27.5 Å². The fourth-order valence-corrected chi connectivity index (χ4v) is 2.25. The summed E-state index contributed by atoms with van der Waals surface area (Å²) in [5.74, 6) is -2.16. The van der Waals surface area contributed by atoms with E-state index in [2.05, 4.69) is 5.32 Å². The van der Waals surface area contributed by atoms with E-state index >= 15 is 0 Å². The second kappa shape index (κ2) is 5.05. The molecule has 0 bridgehead atoms. The van der Waals surface area contributed by atoms with Gasteiger partial charge in [0.1, 0.15) is 11.4 Å². The smallest absolute Gasteiger partial charge is 0.380 e. The van der Waals surface area contributed by atoms with Crippen LogP contribution >= 0.6 is 0 Å². The van der Waals surface area contributed by atoms with Gasteiger partial charge in [0, 0.05) is 5.69 Å². The minimum Gasteiger partial charge on any atom is -0.380 e. The van der Waals surface area contributed by atoms with Gasteiger partial charge in [-0.1, -0.05) is 0 Å². The van der Waals surface area contributed by atoms with Crippen molar-refractivity contribution in [3.63, 3.8) is 0 Å². The molecule has 0 radical (unpaired) electrons. The quantitative estimate of drug-likeness (QED) is 0.823. The molecule has 1 aromatic carbocycles. The Morgan fingerprint density at radius 2 is 1.85 bits per heavy atom. The molecule has 1 aliphatic carbocycles. The van der Waals surface area contributed by atoms with Gasteiger partial charge in [0.2, 0.25) is 0 Å². The van der Waals surface area contributed by atoms with E-state index in [4.69, 9.17) is 0 Å². The zero-order chi connectivity index (χ0) is 15.0. The Morgan fingerprint density at radius 3 is 2.40 bits per heavy atom. The molecule has 2 N–H and O–H groups in total. The van der Waals surface area contributed by atoms with Crippen LogP contribution in [-0.2, 0) is 11.0 Å². The van der Waals surface area contributed by atoms with Gasteiger partial charge in [-0.3, -0.25) is 4.79 Å². The van der Waals surface area contributed by atoms with Crippen molar-refractivity contribution >= 4 is 11.6 Å². The minimum atomic E-state index is -4.84. The number of carbonyl (C=O) groups excluding carboxylic acids is 1. The average molecular weight is 291 g/mol. The van der Waals surface area contributed by atoms with Gasteiger partial charge < -0.3 is 10.4 Å². The van der Waals surface area contributed by atoms with Crippen LogP contribution < -0.4 is 5.32 Å². The highest BCUT2D eigenvalue weighted by Crippen LogP contribution is 2.34. The molecule has 0 aromatic heterocycles. The summed E-state index contributed by atoms with van der Waals surface area (Å²) in [6.07, 6.45) is -2.93. The summed E-state index contributed by atoms with van der Waals surface area (Å²) in [6.45, 7) is 0. The van der Waals surface area contributed by atoms with E-state index in [0.717, 1.165) is 6.07 Å². The molecular formula is C13H13F4NO2. The number of hydrogen-bond acceptors (Lipinski definition) is 2. The highest BCUT2D eigenvalue weighted by Gasteiger charge is 2.39. The Kier molecular flexibility index (Phi) is 3.73. The largest absolute Gasteiger partial charge is 0.419 e. The molecule has 0 heterocycles. The maximum absolute atomic E-state index is 13.1. The fraction of sp³-hybridized carbons (Fsp3) is 0.462. The van der Waals surface area contributed by atoms with Gasteiger partial charge in [-0.15, -0.1) is 0 Å². The maximum atomic E-state index is 13.1. The van der Waals surface area contributed by atoms with Crippen molar-refractivity contribution in [3.05, 3.63) is 29.6 Å². The molecule has 1 amide bonds. The monoisotopic (exact) mass is 291 g/mol. The van der Waals surface area contributed by atoms with Gasteiger partial charge in [0.25, 0.3) is 5.91 Å². The van der Waals surface area contributed by atoms with Crippen LogP contribution in [0, 0.1) is 5.82 Å². The predicted octanol–water partition coefficient (Wildman–Crippen LogP) is 3.09. The average Bonchev–Trinajstić information content (AvgIpc) is 2.78. The molecule has 20 heavy (non-hydrogen) atoms. The lowest BCUT2D eigenvalue weighted by Gasteiger charge is -2.21. The van der Waals surface area contributed by atoms with Crippen LogP contribution in [0.4, 0.5) is 23.2 Å². The zero-order valence-corrected chi connectivity index (χ0v) is 10.4. The first-order valence-electron chi connectivity index (χ1n) is 6.13. The van der Waals surface area contributed by atoms with Crippen molar-refractivity contribution in [2.75, 3.05) is 5.32 Å². The molecule has 0 unspecified atom stereocenters. The number of rotatable bonds is 2. The highest BCUT2D eigenvalue weighted by molar-refractivity contribution is 5.97. The van der Waals surface area contributed by atoms with Crippen molar-refractivity contribution in [2.24, 2.45) is 0 Å². The van der Waals surface area contributed by atoms with Crippen LogP contribution in [0.15, 0.2) is 18.2 Å². The lowest BCUT2D eigenvalue weighted by atomic mass is 10.0. The number of anilines is 1. The number of nitrogens with one attached hydrogen (secondary N) is 1. The second-order valence-corrected chi connectivity index (χ2v) is 4.89. The number of hydrogen-bond donors (Lipinski definition) is 2. The molecule has 7 heteroatoms. The molecule has 0 spiro atoms. The molecule has 1 fully saturated rings. The molecule has 1 aromatic rings. The molecule has 0 saturated heterocycles. The highest BCUT2D eigenvalue weighted by atomic mass is 19.4. The first kappa shape index (κ1) is 14.8. The summed E-state index contributed by atoms with van der Waals surface area (Å²) in [4.78, 5) is 11.8. The Hall–Kier alpha value is -1.63. The molecule has 1 saturated carbocycles. The van der Waals surface area contributed by atoms with Gasteiger partial charge in [-0.25, -0.2) is 4.39 Å². The van der Waals surface area contributed by atoms with E-state index in [-0.39, 0.29) is 18.5 Å². The van der Waals surface area contributed by atoms with Gasteiger partial charge in [0.05, 0.1) is 5.56 Å². The number of aliphatic hydroxyl groups is 1. The van der Waals surface area contributed by atoms with Crippen molar-refractivity contribution < 1.29 is 27.5 Å². The number of alkyl halides is 3. The summed E-state index contributed by atoms with van der Waals surface area (Å²) in [6, 6.07) is 2.18. The third-order valence-electron chi connectivity index (χ3n) is 3.38. The lowest BCUT2D eigenvalue weighted by molar-refractivity contribution is -0.140. The summed E-state index contributed by atoms with van der Waals surface area (Å²) in [5.41, 5.74) is -3.19. The van der Waals surface area contributed by atoms with E-state index in [1.165, 1.54) is 0 Å². The standard InChI is InChI=1S/C13H13F4NO2/c14-10-4-3-8(7-9(10)13(15,16)17)18-11(19)12(20)5-1-2-6-12/h3-4,7,20H,1-2,5-6H2,(H,18,19). The third kappa shape index (κ3) is 2.92. The molecule has 110 valence electrons. The number of amides is 1. The van der Waals surface area contributed by atoms with Crippen LogP contribution in [-0.4, -0.2) is 16.6 Å². The van der Waals surface area contributed by atoms with Crippen LogP contribution in [0.1, 0.15) is 31.2 Å². The van der Waals surface area contributed by atoms with Crippen molar-refractivity contribution in [3.8, 4) is 0 Å². The van der Waals surface area contributed by atoms with E-state index in [0.29, 0.717) is 25.0 Å². The van der Waals surface area contributed by atoms with Gasteiger partial charge in [-0.05, 0) is 43.9 Å². The van der Waals surface area contributed by atoms with Crippen LogP contribution in [0.3, 0.4) is 0 Å². The van der Waals surface area contributed by atoms with Crippen LogP contribution in [0.5, 0.6) is 0 Å². The van der Waals surface area contributed by atoms with Crippen molar-refractivity contribution in [1.82, 2.24) is 0 Å². The maximum Gasteiger partial charge on any atom is 0.419 e. The third-order valence-corrected chi connectivity index (χ3v) is 3.38. The van der Waals surface area contributed by atoms with Crippen LogP contribution in [0.25, 0.3) is 0 Å². The van der Waals surface area contributed by atoms with Crippen molar-refractivity contribution in [2.45, 2.75) is 37.5 Å². The van der Waals surface area contributed by atoms with Crippen molar-refractivity contribution in [1.29, 1.82) is 0 Å². The van der Waals surface area contributed by atoms with E-state index < -0.39 is 29.1 Å². The molecular weight excluding hydrogens is 278 g/mol. The van der Waals surface area contributed by atoms with Gasteiger partial charge >= 0.3 is 6.18 Å². The normalized spacial score (nSPS) is 18.1. The van der Waals surface area contributed by atoms with Gasteiger partial charge in [-0.2, -0.15) is 13.2 Å². The van der Waals surface area contributed by atoms with Crippen LogP contribution in [0.2, 0.25) is 0 Å². The van der Waals surface area contributed by atoms with E-state index in [1.807, 2.05) is 0 Å². The SMILES string of the molecule is O=C(Nc1ccc(F)c(C(F)(F)F)c1)C1(O)CCCC1. The first-order chi connectivity index (χ1) is 9.22. The minimum absolute atomic E-state index is 0.191. The summed E-state index contributed by atoms with van der Waals surface area (Å²) in [7, 11) is 0. The zero-order valence-electron chi connectivity index (χ0n) is 10.4. The summed E-state index contributed by atoms with van der Waals surface area (Å²) < 4.78 is 50.7. The second-order valence-electron chi connectivity index (χ2n) is 4.89. The fourth-order valence-electron chi connectivity index (χ4n) is 2.25. The first-order valence-corrected chi connectivity index (χ1v) is 6.13. The number of benzene rings is 1. The molecule has 3 nitrogen and oxygen atoms in total. The Bertz CT molecular complexity index is 522. The van der Waals surface area contributed by atoms with Gasteiger partial charge in [0.15, 0.2) is 0 Å². The topological polar surface area (TPSA) is 49.3 Å². The summed E-state index contributed by atoms with van der Waals surface area (Å²) in [5, 5.41) is 12.2. The number of carbonyl (C=O) groups is 1. The predicted molar refractivity (Wildman–Crippen MR) is 63.4 cm³/mol. The lowest BCUT2D eigenvalue weighted by Crippen LogP contribution is -2.40. The molecule has 2 rings (SSSR count). The Morgan fingerprint density at radius 1 is 1.25 bits per heavy atom.